The SMILES string of the molecule is CCOc1cccc(C(NN)c2cc(C)ccn2)c1. The highest BCUT2D eigenvalue weighted by Gasteiger charge is 2.14. The molecule has 1 aromatic carbocycles. The van der Waals surface area contributed by atoms with Crippen LogP contribution in [0.15, 0.2) is 42.6 Å². The summed E-state index contributed by atoms with van der Waals surface area (Å²) < 4.78 is 5.51. The van der Waals surface area contributed by atoms with Crippen LogP contribution in [0.5, 0.6) is 5.75 Å². The molecule has 0 spiro atoms. The normalized spacial score (nSPS) is 12.2. The lowest BCUT2D eigenvalue weighted by molar-refractivity contribution is 0.339. The number of hydrogen-bond acceptors (Lipinski definition) is 4. The van der Waals surface area contributed by atoms with E-state index in [0.717, 1.165) is 22.6 Å². The number of hydrazine groups is 1. The first-order valence-corrected chi connectivity index (χ1v) is 6.36. The molecule has 0 aliphatic heterocycles. The van der Waals surface area contributed by atoms with E-state index in [4.69, 9.17) is 10.6 Å². The Bertz CT molecular complexity index is 542. The molecule has 0 radical (unpaired) electrons. The molecule has 1 unspecified atom stereocenters. The molecule has 0 bridgehead atoms. The predicted octanol–water partition coefficient (Wildman–Crippen LogP) is 2.34. The highest BCUT2D eigenvalue weighted by Crippen LogP contribution is 2.23. The molecular weight excluding hydrogens is 238 g/mol. The second-order valence-electron chi connectivity index (χ2n) is 4.36. The largest absolute Gasteiger partial charge is 0.494 e. The molecule has 3 N–H and O–H groups in total. The summed E-state index contributed by atoms with van der Waals surface area (Å²) in [6.45, 7) is 4.65. The molecule has 4 heteroatoms. The van der Waals surface area contributed by atoms with Gasteiger partial charge in [0.25, 0.3) is 0 Å². The van der Waals surface area contributed by atoms with Crippen LogP contribution in [0.25, 0.3) is 0 Å². The Morgan fingerprint density at radius 2 is 2.16 bits per heavy atom. The van der Waals surface area contributed by atoms with Crippen molar-refractivity contribution in [3.63, 3.8) is 0 Å². The van der Waals surface area contributed by atoms with Crippen molar-refractivity contribution in [1.82, 2.24) is 10.4 Å². The fourth-order valence-corrected chi connectivity index (χ4v) is 2.02. The van der Waals surface area contributed by atoms with Gasteiger partial charge in [0.2, 0.25) is 0 Å². The molecule has 100 valence electrons. The number of nitrogens with zero attached hydrogens (tertiary/aromatic N) is 1. The highest BCUT2D eigenvalue weighted by molar-refractivity contribution is 5.35. The van der Waals surface area contributed by atoms with Gasteiger partial charge in [0.15, 0.2) is 0 Å². The van der Waals surface area contributed by atoms with E-state index in [0.29, 0.717) is 6.61 Å². The number of hydrogen-bond donors (Lipinski definition) is 2. The van der Waals surface area contributed by atoms with Crippen molar-refractivity contribution < 1.29 is 4.74 Å². The first-order valence-electron chi connectivity index (χ1n) is 6.36. The third kappa shape index (κ3) is 3.30. The molecule has 2 rings (SSSR count). The van der Waals surface area contributed by atoms with Gasteiger partial charge in [0, 0.05) is 6.20 Å². The van der Waals surface area contributed by atoms with Gasteiger partial charge in [-0.3, -0.25) is 10.8 Å². The van der Waals surface area contributed by atoms with Crippen LogP contribution in [-0.2, 0) is 0 Å². The van der Waals surface area contributed by atoms with Crippen molar-refractivity contribution in [1.29, 1.82) is 0 Å². The van der Waals surface area contributed by atoms with Crippen molar-refractivity contribution in [3.8, 4) is 5.75 Å². The molecule has 0 saturated carbocycles. The van der Waals surface area contributed by atoms with E-state index in [2.05, 4.69) is 10.4 Å². The zero-order valence-electron chi connectivity index (χ0n) is 11.3. The maximum absolute atomic E-state index is 5.68. The van der Waals surface area contributed by atoms with E-state index in [1.54, 1.807) is 6.20 Å². The fourth-order valence-electron chi connectivity index (χ4n) is 2.02. The molecule has 0 aliphatic carbocycles. The lowest BCUT2D eigenvalue weighted by Crippen LogP contribution is -2.29. The number of nitrogens with one attached hydrogen (secondary N) is 1. The van der Waals surface area contributed by atoms with Crippen molar-refractivity contribution in [2.45, 2.75) is 19.9 Å². The van der Waals surface area contributed by atoms with Gasteiger partial charge in [-0.25, -0.2) is 5.43 Å². The Labute approximate surface area is 113 Å². The second kappa shape index (κ2) is 6.31. The van der Waals surface area contributed by atoms with Crippen LogP contribution in [0, 0.1) is 6.92 Å². The van der Waals surface area contributed by atoms with Gasteiger partial charge in [-0.2, -0.15) is 0 Å². The molecule has 0 amide bonds. The van der Waals surface area contributed by atoms with Crippen LogP contribution in [-0.4, -0.2) is 11.6 Å². The average molecular weight is 257 g/mol. The highest BCUT2D eigenvalue weighted by atomic mass is 16.5. The van der Waals surface area contributed by atoms with Gasteiger partial charge in [-0.15, -0.1) is 0 Å². The smallest absolute Gasteiger partial charge is 0.119 e. The van der Waals surface area contributed by atoms with Gasteiger partial charge in [-0.1, -0.05) is 12.1 Å². The molecule has 2 aromatic rings. The molecule has 0 saturated heterocycles. The molecule has 4 nitrogen and oxygen atoms in total. The fraction of sp³-hybridized carbons (Fsp3) is 0.267. The summed E-state index contributed by atoms with van der Waals surface area (Å²) in [4.78, 5) is 4.38. The van der Waals surface area contributed by atoms with Crippen LogP contribution in [0.3, 0.4) is 0 Å². The number of rotatable bonds is 5. The monoisotopic (exact) mass is 257 g/mol. The third-order valence-corrected chi connectivity index (χ3v) is 2.90. The number of benzene rings is 1. The Morgan fingerprint density at radius 3 is 2.84 bits per heavy atom. The van der Waals surface area contributed by atoms with E-state index in [1.807, 2.05) is 50.2 Å². The molecular formula is C15H19N3O. The van der Waals surface area contributed by atoms with Crippen LogP contribution in [0.4, 0.5) is 0 Å². The zero-order valence-corrected chi connectivity index (χ0v) is 11.3. The number of ether oxygens (including phenoxy) is 1. The summed E-state index contributed by atoms with van der Waals surface area (Å²) in [7, 11) is 0. The Balaban J connectivity index is 2.33. The van der Waals surface area contributed by atoms with Crippen molar-refractivity contribution in [3.05, 3.63) is 59.4 Å². The molecule has 19 heavy (non-hydrogen) atoms. The molecule has 0 aliphatic rings. The summed E-state index contributed by atoms with van der Waals surface area (Å²) in [5.41, 5.74) is 5.90. The van der Waals surface area contributed by atoms with Gasteiger partial charge in [0.05, 0.1) is 18.3 Å². The van der Waals surface area contributed by atoms with Crippen molar-refractivity contribution in [2.75, 3.05) is 6.61 Å². The standard InChI is InChI=1S/C15H19N3O/c1-3-19-13-6-4-5-12(10-13)15(18-16)14-9-11(2)7-8-17-14/h4-10,15,18H,3,16H2,1-2H3. The van der Waals surface area contributed by atoms with E-state index in [1.165, 1.54) is 0 Å². The minimum absolute atomic E-state index is 0.139. The van der Waals surface area contributed by atoms with E-state index >= 15 is 0 Å². The van der Waals surface area contributed by atoms with Crippen LogP contribution in [0.1, 0.15) is 29.8 Å². The zero-order chi connectivity index (χ0) is 13.7. The maximum atomic E-state index is 5.68. The van der Waals surface area contributed by atoms with Gasteiger partial charge in [-0.05, 0) is 49.2 Å². The Kier molecular flexibility index (Phi) is 4.49. The number of nitrogens with two attached hydrogens (primary N) is 1. The second-order valence-corrected chi connectivity index (χ2v) is 4.36. The first kappa shape index (κ1) is 13.5. The van der Waals surface area contributed by atoms with Crippen molar-refractivity contribution >= 4 is 0 Å². The summed E-state index contributed by atoms with van der Waals surface area (Å²) in [5.74, 6) is 6.52. The average Bonchev–Trinajstić information content (AvgIpc) is 2.41. The summed E-state index contributed by atoms with van der Waals surface area (Å²) >= 11 is 0. The van der Waals surface area contributed by atoms with Gasteiger partial charge >= 0.3 is 0 Å². The number of aryl methyl sites for hydroxylation is 1. The van der Waals surface area contributed by atoms with E-state index in [-0.39, 0.29) is 6.04 Å². The van der Waals surface area contributed by atoms with Crippen LogP contribution < -0.4 is 16.0 Å². The summed E-state index contributed by atoms with van der Waals surface area (Å²) in [6, 6.07) is 11.7. The molecule has 1 aromatic heterocycles. The quantitative estimate of drug-likeness (QED) is 0.637. The van der Waals surface area contributed by atoms with Gasteiger partial charge in [0.1, 0.15) is 5.75 Å². The minimum atomic E-state index is -0.139. The summed E-state index contributed by atoms with van der Waals surface area (Å²) in [6.07, 6.45) is 1.79. The molecule has 1 heterocycles. The lowest BCUT2D eigenvalue weighted by atomic mass is 10.0. The third-order valence-electron chi connectivity index (χ3n) is 2.90. The van der Waals surface area contributed by atoms with Crippen LogP contribution in [0.2, 0.25) is 0 Å². The molecule has 0 fully saturated rings. The molecule has 1 atom stereocenters. The Morgan fingerprint density at radius 1 is 1.32 bits per heavy atom. The maximum Gasteiger partial charge on any atom is 0.119 e. The Hall–Kier alpha value is -1.91. The number of aromatic nitrogens is 1. The first-order chi connectivity index (χ1) is 9.24. The minimum Gasteiger partial charge on any atom is -0.494 e. The van der Waals surface area contributed by atoms with Gasteiger partial charge < -0.3 is 4.74 Å². The van der Waals surface area contributed by atoms with Crippen molar-refractivity contribution in [2.24, 2.45) is 5.84 Å². The van der Waals surface area contributed by atoms with Crippen LogP contribution >= 0.6 is 0 Å². The lowest BCUT2D eigenvalue weighted by Gasteiger charge is -2.17. The van der Waals surface area contributed by atoms with E-state index in [9.17, 15) is 0 Å². The topological polar surface area (TPSA) is 60.2 Å². The van der Waals surface area contributed by atoms with E-state index < -0.39 is 0 Å². The number of pyridine rings is 1. The summed E-state index contributed by atoms with van der Waals surface area (Å²) in [5, 5.41) is 0. The predicted molar refractivity (Wildman–Crippen MR) is 75.8 cm³/mol.